The average Bonchev–Trinajstić information content (AvgIpc) is 2.83. The minimum absolute atomic E-state index is 0.547. The van der Waals surface area contributed by atoms with Crippen LogP contribution in [0.5, 0.6) is 0 Å². The highest BCUT2D eigenvalue weighted by atomic mass is 16.6. The zero-order valence-electron chi connectivity index (χ0n) is 16.6. The zero-order valence-corrected chi connectivity index (χ0v) is 16.6. The maximum atomic E-state index is 12.4. The quantitative estimate of drug-likeness (QED) is 0.377. The van der Waals surface area contributed by atoms with Crippen LogP contribution in [0.15, 0.2) is 49.1 Å². The van der Waals surface area contributed by atoms with Crippen LogP contribution in [0.3, 0.4) is 0 Å². The Bertz CT molecular complexity index is 1250. The summed E-state index contributed by atoms with van der Waals surface area (Å²) in [6.07, 6.45) is 4.11. The molecule has 3 aromatic heterocycles. The molecule has 0 aliphatic carbocycles. The van der Waals surface area contributed by atoms with E-state index in [0.29, 0.717) is 0 Å². The van der Waals surface area contributed by atoms with E-state index >= 15 is 0 Å². The molecule has 170 valence electrons. The smallest absolute Gasteiger partial charge is 0.367 e. The van der Waals surface area contributed by atoms with Crippen molar-refractivity contribution in [2.24, 2.45) is 0 Å². The van der Waals surface area contributed by atoms with Gasteiger partial charge in [0.25, 0.3) is 0 Å². The minimum Gasteiger partial charge on any atom is -0.478 e. The van der Waals surface area contributed by atoms with Gasteiger partial charge in [-0.25, -0.2) is 48.7 Å². The molecule has 14 nitrogen and oxygen atoms in total. The van der Waals surface area contributed by atoms with E-state index in [0.717, 1.165) is 36.9 Å². The van der Waals surface area contributed by atoms with Crippen LogP contribution in [-0.2, 0) is 9.47 Å². The van der Waals surface area contributed by atoms with Crippen molar-refractivity contribution >= 4 is 35.8 Å². The fourth-order valence-corrected chi connectivity index (χ4v) is 2.48. The number of ether oxygens (including phenoxy) is 2. The highest BCUT2D eigenvalue weighted by Crippen LogP contribution is 2.13. The van der Waals surface area contributed by atoms with E-state index in [9.17, 15) is 28.8 Å². The number of carbonyl (C=O) groups excluding carboxylic acids is 4. The Kier molecular flexibility index (Phi) is 6.72. The Morgan fingerprint density at radius 1 is 0.529 bits per heavy atom. The fraction of sp³-hybridized carbons (Fsp3) is 0. The maximum absolute atomic E-state index is 12.4. The summed E-state index contributed by atoms with van der Waals surface area (Å²) in [6, 6.07) is 4.59. The van der Waals surface area contributed by atoms with Crippen molar-refractivity contribution in [1.29, 1.82) is 0 Å². The Labute approximate surface area is 187 Å². The lowest BCUT2D eigenvalue weighted by Crippen LogP contribution is -2.23. The van der Waals surface area contributed by atoms with Crippen LogP contribution in [0.25, 0.3) is 0 Å². The van der Waals surface area contributed by atoms with Crippen LogP contribution >= 0.6 is 0 Å². The van der Waals surface area contributed by atoms with Crippen LogP contribution in [0.1, 0.15) is 62.7 Å². The number of carboxylic acid groups (broad SMARTS) is 2. The molecule has 0 amide bonds. The summed E-state index contributed by atoms with van der Waals surface area (Å²) in [4.78, 5) is 86.1. The molecule has 0 unspecified atom stereocenters. The first-order valence-electron chi connectivity index (χ1n) is 8.91. The van der Waals surface area contributed by atoms with Gasteiger partial charge in [0, 0.05) is 24.8 Å². The van der Waals surface area contributed by atoms with Gasteiger partial charge in [0.1, 0.15) is 0 Å². The summed E-state index contributed by atoms with van der Waals surface area (Å²) >= 11 is 0. The molecule has 3 aromatic rings. The molecular formula is C20H10N4O10. The largest absolute Gasteiger partial charge is 0.478 e. The van der Waals surface area contributed by atoms with Gasteiger partial charge in [-0.3, -0.25) is 0 Å². The fourth-order valence-electron chi connectivity index (χ4n) is 2.48. The third-order valence-electron chi connectivity index (χ3n) is 3.92. The lowest BCUT2D eigenvalue weighted by molar-refractivity contribution is 0.0343. The summed E-state index contributed by atoms with van der Waals surface area (Å²) < 4.78 is 9.11. The molecule has 3 rings (SSSR count). The average molecular weight is 466 g/mol. The summed E-state index contributed by atoms with van der Waals surface area (Å²) in [5.41, 5.74) is -4.17. The van der Waals surface area contributed by atoms with E-state index in [4.69, 9.17) is 10.2 Å². The Morgan fingerprint density at radius 2 is 0.853 bits per heavy atom. The first-order valence-corrected chi connectivity index (χ1v) is 8.91. The third-order valence-corrected chi connectivity index (χ3v) is 3.92. The van der Waals surface area contributed by atoms with Crippen LogP contribution < -0.4 is 0 Å². The van der Waals surface area contributed by atoms with Gasteiger partial charge < -0.3 is 19.7 Å². The molecule has 3 heterocycles. The molecule has 0 aliphatic heterocycles. The van der Waals surface area contributed by atoms with E-state index in [-0.39, 0.29) is 0 Å². The van der Waals surface area contributed by atoms with E-state index in [1.54, 1.807) is 0 Å². The summed E-state index contributed by atoms with van der Waals surface area (Å²) in [7, 11) is 0. The Hall–Kier alpha value is -5.40. The first-order chi connectivity index (χ1) is 16.2. The van der Waals surface area contributed by atoms with Crippen molar-refractivity contribution in [1.82, 2.24) is 19.9 Å². The molecule has 34 heavy (non-hydrogen) atoms. The predicted octanol–water partition coefficient (Wildman–Crippen LogP) is 0.657. The van der Waals surface area contributed by atoms with Gasteiger partial charge in [0.15, 0.2) is 22.8 Å². The van der Waals surface area contributed by atoms with Gasteiger partial charge in [-0.1, -0.05) is 0 Å². The topological polar surface area (TPSA) is 213 Å². The van der Waals surface area contributed by atoms with Gasteiger partial charge in [0.05, 0.1) is 11.1 Å². The van der Waals surface area contributed by atoms with E-state index in [2.05, 4.69) is 29.4 Å². The number of rotatable bonds is 6. The molecule has 14 heteroatoms. The SMILES string of the molecule is O=C(O)c1cccnc1C(=O)OC(=O)c1nccnc1C(=O)OC(=O)c1ncccc1C(=O)O. The number of carbonyl (C=O) groups is 6. The Morgan fingerprint density at radius 3 is 1.21 bits per heavy atom. The van der Waals surface area contributed by atoms with Gasteiger partial charge in [-0.05, 0) is 24.3 Å². The third kappa shape index (κ3) is 4.91. The highest BCUT2D eigenvalue weighted by molar-refractivity contribution is 6.11. The summed E-state index contributed by atoms with van der Waals surface area (Å²) in [6.45, 7) is 0. The van der Waals surface area contributed by atoms with Crippen molar-refractivity contribution in [3.8, 4) is 0 Å². The number of esters is 4. The zero-order chi connectivity index (χ0) is 24.8. The standard InChI is InChI=1S/C20H10N4O10/c25-15(26)9-3-1-5-21-11(9)17(29)33-19(31)13-14(24-8-7-23-13)20(32)34-18(30)12-10(16(27)28)4-2-6-22-12/h1-8H,(H,25,26)(H,27,28). The number of hydrogen-bond acceptors (Lipinski definition) is 12. The van der Waals surface area contributed by atoms with Crippen molar-refractivity contribution in [2.75, 3.05) is 0 Å². The molecular weight excluding hydrogens is 456 g/mol. The maximum Gasteiger partial charge on any atom is 0.367 e. The van der Waals surface area contributed by atoms with Crippen LogP contribution in [0, 0.1) is 0 Å². The lowest BCUT2D eigenvalue weighted by Gasteiger charge is -2.08. The van der Waals surface area contributed by atoms with E-state index in [1.165, 1.54) is 12.1 Å². The highest BCUT2D eigenvalue weighted by Gasteiger charge is 2.30. The van der Waals surface area contributed by atoms with E-state index in [1.807, 2.05) is 0 Å². The van der Waals surface area contributed by atoms with Crippen LogP contribution in [0.4, 0.5) is 0 Å². The molecule has 0 spiro atoms. The van der Waals surface area contributed by atoms with E-state index < -0.39 is 69.7 Å². The molecule has 0 atom stereocenters. The second-order valence-electron chi connectivity index (χ2n) is 6.02. The van der Waals surface area contributed by atoms with Gasteiger partial charge in [0.2, 0.25) is 0 Å². The van der Waals surface area contributed by atoms with Crippen molar-refractivity contribution in [3.63, 3.8) is 0 Å². The molecule has 0 saturated heterocycles. The van der Waals surface area contributed by atoms with Crippen LogP contribution in [-0.4, -0.2) is 66.0 Å². The summed E-state index contributed by atoms with van der Waals surface area (Å²) in [5.74, 6) is -8.98. The molecule has 0 aliphatic rings. The molecule has 2 N–H and O–H groups in total. The second kappa shape index (κ2) is 9.82. The lowest BCUT2D eigenvalue weighted by atomic mass is 10.2. The number of hydrogen-bond donors (Lipinski definition) is 2. The van der Waals surface area contributed by atoms with Crippen molar-refractivity contribution < 1.29 is 48.5 Å². The van der Waals surface area contributed by atoms with Gasteiger partial charge in [-0.2, -0.15) is 0 Å². The van der Waals surface area contributed by atoms with Crippen molar-refractivity contribution in [3.05, 3.63) is 83.0 Å². The Balaban J connectivity index is 1.83. The molecule has 0 bridgehead atoms. The molecule has 0 fully saturated rings. The summed E-state index contributed by atoms with van der Waals surface area (Å²) in [5, 5.41) is 18.2. The number of aromatic carboxylic acids is 2. The predicted molar refractivity (Wildman–Crippen MR) is 104 cm³/mol. The molecule has 0 aromatic carbocycles. The van der Waals surface area contributed by atoms with Crippen molar-refractivity contribution in [2.45, 2.75) is 0 Å². The first kappa shape index (κ1) is 23.3. The molecule has 0 saturated carbocycles. The van der Waals surface area contributed by atoms with Gasteiger partial charge >= 0.3 is 35.8 Å². The number of aromatic nitrogens is 4. The number of carboxylic acids is 2. The number of pyridine rings is 2. The minimum atomic E-state index is -1.52. The second-order valence-corrected chi connectivity index (χ2v) is 6.02. The monoisotopic (exact) mass is 466 g/mol. The number of nitrogens with zero attached hydrogens (tertiary/aromatic N) is 4. The van der Waals surface area contributed by atoms with Gasteiger partial charge in [-0.15, -0.1) is 0 Å². The normalized spacial score (nSPS) is 10.1. The molecule has 0 radical (unpaired) electrons. The van der Waals surface area contributed by atoms with Crippen LogP contribution in [0.2, 0.25) is 0 Å².